The zero-order chi connectivity index (χ0) is 43.7. The zero-order valence-electron chi connectivity index (χ0n) is 35.5. The van der Waals surface area contributed by atoms with Crippen molar-refractivity contribution in [3.63, 3.8) is 0 Å². The Morgan fingerprint density at radius 3 is 1.69 bits per heavy atom. The van der Waals surface area contributed by atoms with Crippen LogP contribution in [-0.4, -0.2) is 108 Å². The molecule has 324 valence electrons. The third-order valence-corrected chi connectivity index (χ3v) is 11.0. The molecule has 2 fully saturated rings. The zero-order valence-corrected chi connectivity index (χ0v) is 35.5. The Kier molecular flexibility index (Phi) is 17.2. The van der Waals surface area contributed by atoms with Crippen molar-refractivity contribution in [2.45, 2.75) is 71.8 Å². The van der Waals surface area contributed by atoms with E-state index in [0.29, 0.717) is 28.3 Å². The van der Waals surface area contributed by atoms with Gasteiger partial charge >= 0.3 is 12.1 Å². The van der Waals surface area contributed by atoms with Gasteiger partial charge in [0.25, 0.3) is 11.4 Å². The maximum Gasteiger partial charge on any atom is 0.424 e. The number of amides is 1. The first kappa shape index (κ1) is 45.8. The Balaban J connectivity index is 0.000000188. The fraction of sp³-hybridized carbons (Fsp3) is 0.422. The summed E-state index contributed by atoms with van der Waals surface area (Å²) in [5.41, 5.74) is 2.11. The molecule has 0 radical (unpaired) electrons. The quantitative estimate of drug-likeness (QED) is 0.0916. The number of carbonyl (C=O) groups is 2. The predicted octanol–water partition coefficient (Wildman–Crippen LogP) is 9.26. The summed E-state index contributed by atoms with van der Waals surface area (Å²) in [6.45, 7) is 13.9. The van der Waals surface area contributed by atoms with Gasteiger partial charge in [-0.05, 0) is 82.8 Å². The number of aromatic nitrogens is 4. The third-order valence-electron chi connectivity index (χ3n) is 11.0. The maximum absolute atomic E-state index is 12.8. The molecule has 2 saturated heterocycles. The molecule has 0 saturated carbocycles. The molecule has 61 heavy (non-hydrogen) atoms. The molecule has 7 rings (SSSR count). The minimum Gasteiger partial charge on any atom is -0.410 e. The van der Waals surface area contributed by atoms with Gasteiger partial charge in [-0.25, -0.2) is 24.1 Å². The van der Waals surface area contributed by atoms with Crippen LogP contribution in [0.2, 0.25) is 0 Å². The summed E-state index contributed by atoms with van der Waals surface area (Å²) in [7, 11) is 1.83. The first-order valence-corrected chi connectivity index (χ1v) is 21.1. The number of carbonyl (C=O) groups excluding carboxylic acids is 2. The summed E-state index contributed by atoms with van der Waals surface area (Å²) in [6, 6.07) is 21.0. The normalized spacial score (nSPS) is 14.8. The number of nitro groups is 2. The monoisotopic (exact) mass is 835 g/mol. The van der Waals surface area contributed by atoms with E-state index in [2.05, 4.69) is 40.5 Å². The molecule has 2 aromatic heterocycles. The molecule has 0 N–H and O–H groups in total. The fourth-order valence-electron chi connectivity index (χ4n) is 7.47. The number of piperidine rings is 2. The molecule has 4 heterocycles. The highest BCUT2D eigenvalue weighted by Gasteiger charge is 2.26. The molecule has 0 unspecified atom stereocenters. The van der Waals surface area contributed by atoms with Gasteiger partial charge in [-0.15, -0.1) is 0 Å². The van der Waals surface area contributed by atoms with Crippen LogP contribution in [0.1, 0.15) is 65.7 Å². The second kappa shape index (κ2) is 22.9. The molecular formula is C45H57N9O7. The Labute approximate surface area is 357 Å². The van der Waals surface area contributed by atoms with Gasteiger partial charge in [0.05, 0.1) is 21.2 Å². The van der Waals surface area contributed by atoms with Gasteiger partial charge in [-0.2, -0.15) is 0 Å². The number of rotatable bonds is 11. The van der Waals surface area contributed by atoms with Crippen molar-refractivity contribution in [1.82, 2.24) is 33.8 Å². The Bertz CT molecular complexity index is 2180. The smallest absolute Gasteiger partial charge is 0.410 e. The summed E-state index contributed by atoms with van der Waals surface area (Å²) in [6.07, 6.45) is 13.9. The average molecular weight is 836 g/mol. The summed E-state index contributed by atoms with van der Waals surface area (Å²) >= 11 is 0. The van der Waals surface area contributed by atoms with Crippen molar-refractivity contribution in [2.75, 3.05) is 46.3 Å². The number of nitro benzene ring substituents is 2. The molecule has 5 aromatic rings. The Morgan fingerprint density at radius 2 is 1.20 bits per heavy atom. The minimum absolute atomic E-state index is 0.00401. The van der Waals surface area contributed by atoms with Crippen molar-refractivity contribution < 1.29 is 24.2 Å². The molecule has 0 atom stereocenters. The average Bonchev–Trinajstić information content (AvgIpc) is 4.00. The van der Waals surface area contributed by atoms with Crippen LogP contribution in [0.4, 0.5) is 21.0 Å². The van der Waals surface area contributed by atoms with Crippen LogP contribution < -0.4 is 4.74 Å². The van der Waals surface area contributed by atoms with Crippen molar-refractivity contribution in [3.8, 4) is 28.3 Å². The number of imidazole rings is 2. The lowest BCUT2D eigenvalue weighted by Gasteiger charge is -2.36. The third kappa shape index (κ3) is 13.4. The molecule has 0 bridgehead atoms. The summed E-state index contributed by atoms with van der Waals surface area (Å²) in [5, 5.41) is 21.7. The van der Waals surface area contributed by atoms with Gasteiger partial charge in [0.2, 0.25) is 0 Å². The van der Waals surface area contributed by atoms with Gasteiger partial charge in [0, 0.05) is 74.0 Å². The lowest BCUT2D eigenvalue weighted by Crippen LogP contribution is -2.46. The highest BCUT2D eigenvalue weighted by Crippen LogP contribution is 2.25. The number of non-ortho nitro benzene ring substituents is 2. The van der Waals surface area contributed by atoms with E-state index in [0.717, 1.165) is 44.8 Å². The van der Waals surface area contributed by atoms with Gasteiger partial charge in [0.1, 0.15) is 18.4 Å². The van der Waals surface area contributed by atoms with E-state index in [1.165, 1.54) is 97.6 Å². The summed E-state index contributed by atoms with van der Waals surface area (Å²) in [5.74, 6) is 1.45. The number of ether oxygens (including phenoxy) is 1. The second-order valence-electron chi connectivity index (χ2n) is 15.3. The van der Waals surface area contributed by atoms with Crippen LogP contribution in [0.25, 0.3) is 22.5 Å². The van der Waals surface area contributed by atoms with E-state index in [4.69, 9.17) is 4.74 Å². The molecule has 16 heteroatoms. The first-order valence-electron chi connectivity index (χ1n) is 21.1. The standard InChI is InChI=1S/C19H25N5O3.C16H11N3O4.C10H21N/c1-3-9-22-10-7-16(8-11-22)21(2)19(25)23-13-18(20-14-23)15-5-4-6-17(12-15)24(26)27;20-16(23-14-7-2-1-3-8-14)18-10-15(17-11-18)12-5-4-6-13(9-12)19(21)22;1-3-7-11-8-5-10(4-2)6-9-11/h4-6,12-14,16H,3,7-11H2,1-2H3;1-11H;10H,3-9H2,1-2H3. The number of nitrogens with zero attached hydrogens (tertiary/aromatic N) is 9. The molecule has 2 aliphatic heterocycles. The van der Waals surface area contributed by atoms with E-state index in [9.17, 15) is 29.8 Å². The molecule has 3 aromatic carbocycles. The maximum atomic E-state index is 12.8. The topological polar surface area (TPSA) is 175 Å². The van der Waals surface area contributed by atoms with Crippen LogP contribution in [0, 0.1) is 26.1 Å². The molecular weight excluding hydrogens is 779 g/mol. The van der Waals surface area contributed by atoms with Gasteiger partial charge in [-0.3, -0.25) is 24.8 Å². The van der Waals surface area contributed by atoms with Crippen molar-refractivity contribution in [3.05, 3.63) is 124 Å². The molecule has 0 spiro atoms. The molecule has 16 nitrogen and oxygen atoms in total. The Morgan fingerprint density at radius 1 is 0.705 bits per heavy atom. The summed E-state index contributed by atoms with van der Waals surface area (Å²) in [4.78, 5) is 60.8. The fourth-order valence-corrected chi connectivity index (χ4v) is 7.47. The van der Waals surface area contributed by atoms with E-state index < -0.39 is 15.9 Å². The van der Waals surface area contributed by atoms with Gasteiger partial charge in [0.15, 0.2) is 0 Å². The first-order chi connectivity index (χ1) is 29.5. The van der Waals surface area contributed by atoms with Crippen LogP contribution in [0.15, 0.2) is 104 Å². The van der Waals surface area contributed by atoms with Crippen molar-refractivity contribution in [1.29, 1.82) is 0 Å². The van der Waals surface area contributed by atoms with Crippen LogP contribution >= 0.6 is 0 Å². The van der Waals surface area contributed by atoms with Crippen molar-refractivity contribution in [2.24, 2.45) is 5.92 Å². The van der Waals surface area contributed by atoms with E-state index >= 15 is 0 Å². The number of para-hydroxylation sites is 1. The number of likely N-dealkylation sites (tertiary alicyclic amines) is 2. The van der Waals surface area contributed by atoms with Crippen molar-refractivity contribution >= 4 is 23.5 Å². The van der Waals surface area contributed by atoms with E-state index in [1.54, 1.807) is 59.6 Å². The SMILES string of the molecule is CCCN1CCC(CC)CC1.CCCN1CCC(N(C)C(=O)n2cnc(-c3cccc([N+](=O)[O-])c3)c2)CC1.O=C(Oc1ccccc1)n1cnc(-c2cccc([N+](=O)[O-])c2)c1. The molecule has 0 aliphatic carbocycles. The lowest BCUT2D eigenvalue weighted by atomic mass is 9.94. The lowest BCUT2D eigenvalue weighted by molar-refractivity contribution is -0.385. The van der Waals surface area contributed by atoms with E-state index in [-0.39, 0.29) is 23.4 Å². The number of benzene rings is 3. The molecule has 2 aliphatic rings. The van der Waals surface area contributed by atoms with E-state index in [1.807, 2.05) is 13.1 Å². The highest BCUT2D eigenvalue weighted by atomic mass is 16.6. The largest absolute Gasteiger partial charge is 0.424 e. The summed E-state index contributed by atoms with van der Waals surface area (Å²) < 4.78 is 7.82. The van der Waals surface area contributed by atoms with Crippen LogP contribution in [0.5, 0.6) is 5.75 Å². The minimum atomic E-state index is -0.611. The highest BCUT2D eigenvalue weighted by molar-refractivity contribution is 5.78. The second-order valence-corrected chi connectivity index (χ2v) is 15.3. The molecule has 1 amide bonds. The number of hydrogen-bond donors (Lipinski definition) is 0. The van der Waals surface area contributed by atoms with Gasteiger partial charge in [-0.1, -0.05) is 69.7 Å². The number of hydrogen-bond acceptors (Lipinski definition) is 11. The predicted molar refractivity (Wildman–Crippen MR) is 235 cm³/mol. The van der Waals surface area contributed by atoms with Gasteiger partial charge < -0.3 is 19.4 Å². The Hall–Kier alpha value is -6.26. The van der Waals surface area contributed by atoms with Crippen LogP contribution in [-0.2, 0) is 0 Å². The van der Waals surface area contributed by atoms with Crippen LogP contribution in [0.3, 0.4) is 0 Å².